The number of para-hydroxylation sites is 2. The lowest BCUT2D eigenvalue weighted by molar-refractivity contribution is -0.114. The Morgan fingerprint density at radius 2 is 1.50 bits per heavy atom. The van der Waals surface area contributed by atoms with Crippen molar-refractivity contribution in [1.29, 1.82) is 0 Å². The molecule has 30 heavy (non-hydrogen) atoms. The van der Waals surface area contributed by atoms with Crippen molar-refractivity contribution in [3.05, 3.63) is 90.0 Å². The van der Waals surface area contributed by atoms with Crippen LogP contribution in [-0.2, 0) is 14.8 Å². The number of anilines is 2. The first-order valence-electron chi connectivity index (χ1n) is 9.06. The molecule has 0 aliphatic carbocycles. The fraction of sp³-hybridized carbons (Fsp3) is 0.0909. The van der Waals surface area contributed by atoms with E-state index in [2.05, 4.69) is 5.32 Å². The van der Waals surface area contributed by atoms with Gasteiger partial charge in [0.15, 0.2) is 0 Å². The van der Waals surface area contributed by atoms with Gasteiger partial charge in [-0.3, -0.25) is 9.10 Å². The highest BCUT2D eigenvalue weighted by Gasteiger charge is 2.28. The van der Waals surface area contributed by atoms with E-state index in [-0.39, 0.29) is 16.1 Å². The highest BCUT2D eigenvalue weighted by molar-refractivity contribution is 7.92. The Hall–Kier alpha value is -3.65. The van der Waals surface area contributed by atoms with Crippen LogP contribution in [0.15, 0.2) is 83.8 Å². The number of aromatic carboxylic acids is 1. The van der Waals surface area contributed by atoms with Crippen LogP contribution >= 0.6 is 0 Å². The highest BCUT2D eigenvalue weighted by atomic mass is 32.2. The zero-order valence-corrected chi connectivity index (χ0v) is 17.0. The number of hydrogen-bond acceptors (Lipinski definition) is 4. The Kier molecular flexibility index (Phi) is 6.17. The van der Waals surface area contributed by atoms with Crippen LogP contribution in [0.5, 0.6) is 0 Å². The van der Waals surface area contributed by atoms with Crippen molar-refractivity contribution in [1.82, 2.24) is 0 Å². The van der Waals surface area contributed by atoms with Crippen LogP contribution in [0.1, 0.15) is 15.9 Å². The Morgan fingerprint density at radius 1 is 0.900 bits per heavy atom. The predicted octanol–water partition coefficient (Wildman–Crippen LogP) is 3.53. The average molecular weight is 424 g/mol. The molecule has 0 saturated heterocycles. The number of carbonyl (C=O) groups excluding carboxylic acids is 1. The predicted molar refractivity (Wildman–Crippen MR) is 114 cm³/mol. The quantitative estimate of drug-likeness (QED) is 0.604. The molecule has 154 valence electrons. The molecule has 3 rings (SSSR count). The summed E-state index contributed by atoms with van der Waals surface area (Å²) in [7, 11) is -4.03. The normalized spacial score (nSPS) is 11.0. The van der Waals surface area contributed by atoms with E-state index in [1.807, 2.05) is 0 Å². The number of carboxylic acids is 1. The van der Waals surface area contributed by atoms with E-state index in [0.29, 0.717) is 11.3 Å². The summed E-state index contributed by atoms with van der Waals surface area (Å²) in [6, 6.07) is 20.6. The van der Waals surface area contributed by atoms with Crippen LogP contribution in [0.25, 0.3) is 0 Å². The summed E-state index contributed by atoms with van der Waals surface area (Å²) in [6.45, 7) is 1.23. The molecule has 0 heterocycles. The van der Waals surface area contributed by atoms with Crippen molar-refractivity contribution in [3.8, 4) is 0 Å². The maximum Gasteiger partial charge on any atom is 0.337 e. The molecule has 0 aliphatic rings. The fourth-order valence-electron chi connectivity index (χ4n) is 2.96. The lowest BCUT2D eigenvalue weighted by Crippen LogP contribution is -2.38. The van der Waals surface area contributed by atoms with Crippen molar-refractivity contribution >= 4 is 33.3 Å². The maximum atomic E-state index is 13.3. The van der Waals surface area contributed by atoms with E-state index in [1.165, 1.54) is 24.3 Å². The molecule has 0 aromatic heterocycles. The molecule has 1 amide bonds. The first kappa shape index (κ1) is 21.1. The van der Waals surface area contributed by atoms with Gasteiger partial charge in [-0.1, -0.05) is 48.5 Å². The molecule has 0 bridgehead atoms. The summed E-state index contributed by atoms with van der Waals surface area (Å²) in [6.07, 6.45) is 0. The lowest BCUT2D eigenvalue weighted by Gasteiger charge is -2.25. The number of nitrogens with zero attached hydrogens (tertiary/aromatic N) is 1. The number of carboxylic acid groups (broad SMARTS) is 1. The Labute approximate surface area is 174 Å². The number of carbonyl (C=O) groups is 2. The minimum atomic E-state index is -4.03. The summed E-state index contributed by atoms with van der Waals surface area (Å²) in [5, 5.41) is 11.8. The Morgan fingerprint density at radius 3 is 2.17 bits per heavy atom. The molecule has 0 atom stereocenters. The third kappa shape index (κ3) is 4.49. The molecular formula is C22H20N2O5S. The summed E-state index contributed by atoms with van der Waals surface area (Å²) in [5.74, 6) is -1.86. The van der Waals surface area contributed by atoms with Crippen LogP contribution in [0.4, 0.5) is 11.4 Å². The van der Waals surface area contributed by atoms with Crippen LogP contribution in [0.3, 0.4) is 0 Å². The minimum absolute atomic E-state index is 0.0481. The van der Waals surface area contributed by atoms with E-state index in [0.717, 1.165) is 4.31 Å². The van der Waals surface area contributed by atoms with Crippen LogP contribution in [-0.4, -0.2) is 31.9 Å². The summed E-state index contributed by atoms with van der Waals surface area (Å²) >= 11 is 0. The highest BCUT2D eigenvalue weighted by Crippen LogP contribution is 2.27. The number of sulfonamides is 1. The third-order valence-electron chi connectivity index (χ3n) is 4.43. The summed E-state index contributed by atoms with van der Waals surface area (Å²) in [5.41, 5.74) is 1.05. The van der Waals surface area contributed by atoms with Crippen LogP contribution in [0, 0.1) is 6.92 Å². The molecular weight excluding hydrogens is 404 g/mol. The summed E-state index contributed by atoms with van der Waals surface area (Å²) in [4.78, 5) is 24.2. The number of aryl methyl sites for hydroxylation is 1. The third-order valence-corrected chi connectivity index (χ3v) is 6.21. The van der Waals surface area contributed by atoms with Crippen molar-refractivity contribution < 1.29 is 23.1 Å². The standard InChI is InChI=1S/C22H20N2O5S/c1-16-9-5-8-14-20(16)24(30(28,29)17-10-3-2-4-11-17)15-21(25)23-19-13-7-6-12-18(19)22(26)27/h2-14H,15H2,1H3,(H,23,25)(H,26,27). The average Bonchev–Trinajstić information content (AvgIpc) is 2.73. The van der Waals surface area contributed by atoms with Crippen molar-refractivity contribution in [2.75, 3.05) is 16.2 Å². The second-order valence-electron chi connectivity index (χ2n) is 6.51. The van der Waals surface area contributed by atoms with E-state index in [9.17, 15) is 23.1 Å². The molecule has 2 N–H and O–H groups in total. The second-order valence-corrected chi connectivity index (χ2v) is 8.37. The first-order valence-corrected chi connectivity index (χ1v) is 10.5. The van der Waals surface area contributed by atoms with Gasteiger partial charge >= 0.3 is 5.97 Å². The van der Waals surface area contributed by atoms with Gasteiger partial charge in [-0.05, 0) is 42.8 Å². The number of rotatable bonds is 7. The number of benzene rings is 3. The molecule has 3 aromatic rings. The monoisotopic (exact) mass is 424 g/mol. The second kappa shape index (κ2) is 8.79. The molecule has 0 fully saturated rings. The molecule has 7 nitrogen and oxygen atoms in total. The largest absolute Gasteiger partial charge is 0.478 e. The van der Waals surface area contributed by atoms with E-state index < -0.39 is 28.4 Å². The SMILES string of the molecule is Cc1ccccc1N(CC(=O)Nc1ccccc1C(=O)O)S(=O)(=O)c1ccccc1. The zero-order valence-electron chi connectivity index (χ0n) is 16.1. The summed E-state index contributed by atoms with van der Waals surface area (Å²) < 4.78 is 27.6. The van der Waals surface area contributed by atoms with Crippen LogP contribution in [0.2, 0.25) is 0 Å². The molecule has 8 heteroatoms. The van der Waals surface area contributed by atoms with Gasteiger partial charge in [0.2, 0.25) is 5.91 Å². The van der Waals surface area contributed by atoms with Crippen molar-refractivity contribution in [3.63, 3.8) is 0 Å². The minimum Gasteiger partial charge on any atom is -0.478 e. The molecule has 0 radical (unpaired) electrons. The number of hydrogen-bond donors (Lipinski definition) is 2. The van der Waals surface area contributed by atoms with Crippen molar-refractivity contribution in [2.45, 2.75) is 11.8 Å². The smallest absolute Gasteiger partial charge is 0.337 e. The molecule has 0 saturated carbocycles. The van der Waals surface area contributed by atoms with Gasteiger partial charge in [0.05, 0.1) is 21.8 Å². The molecule has 0 spiro atoms. The van der Waals surface area contributed by atoms with Gasteiger partial charge in [-0.2, -0.15) is 0 Å². The number of amides is 1. The van der Waals surface area contributed by atoms with E-state index in [1.54, 1.807) is 61.5 Å². The zero-order chi connectivity index (χ0) is 21.7. The van der Waals surface area contributed by atoms with E-state index in [4.69, 9.17) is 0 Å². The van der Waals surface area contributed by atoms with Gasteiger partial charge < -0.3 is 10.4 Å². The van der Waals surface area contributed by atoms with Gasteiger partial charge in [0.25, 0.3) is 10.0 Å². The Bertz CT molecular complexity index is 1180. The molecule has 0 unspecified atom stereocenters. The van der Waals surface area contributed by atoms with Gasteiger partial charge in [0.1, 0.15) is 6.54 Å². The maximum absolute atomic E-state index is 13.3. The molecule has 0 aliphatic heterocycles. The Balaban J connectivity index is 1.97. The number of nitrogens with one attached hydrogen (secondary N) is 1. The first-order chi connectivity index (χ1) is 14.3. The molecule has 3 aromatic carbocycles. The lowest BCUT2D eigenvalue weighted by atomic mass is 10.2. The van der Waals surface area contributed by atoms with Gasteiger partial charge in [-0.15, -0.1) is 0 Å². The van der Waals surface area contributed by atoms with E-state index >= 15 is 0 Å². The topological polar surface area (TPSA) is 104 Å². The van der Waals surface area contributed by atoms with Gasteiger partial charge in [-0.25, -0.2) is 13.2 Å². The van der Waals surface area contributed by atoms with Crippen LogP contribution < -0.4 is 9.62 Å². The fourth-order valence-corrected chi connectivity index (χ4v) is 4.47. The van der Waals surface area contributed by atoms with Crippen molar-refractivity contribution in [2.24, 2.45) is 0 Å². The van der Waals surface area contributed by atoms with Gasteiger partial charge in [0, 0.05) is 0 Å².